The van der Waals surface area contributed by atoms with Gasteiger partial charge in [0.15, 0.2) is 6.23 Å². The average molecular weight is 438 g/mol. The maximum absolute atomic E-state index is 11.9. The number of nitrogens with two attached hydrogens (primary N) is 1. The highest BCUT2D eigenvalue weighted by Crippen LogP contribution is 2.39. The van der Waals surface area contributed by atoms with Crippen molar-refractivity contribution in [1.29, 1.82) is 0 Å². The Morgan fingerprint density at radius 2 is 2.03 bits per heavy atom. The van der Waals surface area contributed by atoms with Gasteiger partial charge in [-0.3, -0.25) is 33.5 Å². The van der Waals surface area contributed by atoms with Crippen LogP contribution in [0.15, 0.2) is 21.9 Å². The van der Waals surface area contributed by atoms with E-state index in [0.717, 1.165) is 16.8 Å². The van der Waals surface area contributed by atoms with Gasteiger partial charge in [0, 0.05) is 12.3 Å². The highest BCUT2D eigenvalue weighted by atomic mass is 31.2. The number of aromatic amines is 1. The van der Waals surface area contributed by atoms with Gasteiger partial charge in [-0.15, -0.1) is 0 Å². The smallest absolute Gasteiger partial charge is 0.432 e. The van der Waals surface area contributed by atoms with Crippen molar-refractivity contribution in [3.05, 3.63) is 33.1 Å². The quantitative estimate of drug-likeness (QED) is 0.193. The zero-order chi connectivity index (χ0) is 21.9. The molecule has 29 heavy (non-hydrogen) atoms. The van der Waals surface area contributed by atoms with Crippen LogP contribution in [0.3, 0.4) is 0 Å². The lowest BCUT2D eigenvalue weighted by Crippen LogP contribution is -2.41. The molecule has 1 saturated heterocycles. The molecular weight excluding hydrogens is 419 g/mol. The molecule has 162 valence electrons. The third-order valence-corrected chi connectivity index (χ3v) is 4.86. The zero-order valence-corrected chi connectivity index (χ0v) is 15.5. The largest absolute Gasteiger partial charge is 0.481 e. The molecule has 0 saturated carbocycles. The van der Waals surface area contributed by atoms with Crippen LogP contribution in [-0.2, 0) is 23.4 Å². The van der Waals surface area contributed by atoms with Crippen LogP contribution < -0.4 is 22.1 Å². The number of carbonyl (C=O) groups is 2. The molecule has 1 aliphatic rings. The fourth-order valence-electron chi connectivity index (χ4n) is 2.43. The number of aromatic nitrogens is 2. The number of carbonyl (C=O) groups excluding carboxylic acids is 1. The molecule has 2 rings (SSSR count). The van der Waals surface area contributed by atoms with Crippen molar-refractivity contribution in [3.8, 4) is 0 Å². The molecule has 0 radical (unpaired) electrons. The number of carboxylic acids is 1. The van der Waals surface area contributed by atoms with E-state index in [-0.39, 0.29) is 0 Å². The molecule has 0 bridgehead atoms. The Morgan fingerprint density at radius 3 is 2.62 bits per heavy atom. The van der Waals surface area contributed by atoms with Crippen molar-refractivity contribution < 1.29 is 43.6 Å². The Morgan fingerprint density at radius 1 is 1.38 bits per heavy atom. The van der Waals surface area contributed by atoms with Gasteiger partial charge in [0.05, 0.1) is 19.1 Å². The number of carboxylic acid groups (broad SMARTS) is 1. The summed E-state index contributed by atoms with van der Waals surface area (Å²) in [6.07, 6.45) is -5.89. The molecule has 1 aromatic rings. The van der Waals surface area contributed by atoms with Gasteiger partial charge in [0.25, 0.3) is 5.56 Å². The number of ether oxygens (including phenoxy) is 1. The van der Waals surface area contributed by atoms with Gasteiger partial charge < -0.3 is 30.7 Å². The highest BCUT2D eigenvalue weighted by Gasteiger charge is 2.45. The normalized spacial score (nSPS) is 27.2. The summed E-state index contributed by atoms with van der Waals surface area (Å²) in [4.78, 5) is 56.6. The van der Waals surface area contributed by atoms with E-state index in [2.05, 4.69) is 4.52 Å². The van der Waals surface area contributed by atoms with Crippen LogP contribution in [0.2, 0.25) is 0 Å². The van der Waals surface area contributed by atoms with Gasteiger partial charge >= 0.3 is 19.4 Å². The summed E-state index contributed by atoms with van der Waals surface area (Å²) in [5.41, 5.74) is 3.63. The van der Waals surface area contributed by atoms with E-state index in [0.29, 0.717) is 0 Å². The Hall–Kier alpha value is -2.39. The number of H-pyrrole nitrogens is 1. The number of rotatable bonds is 8. The second-order valence-electron chi connectivity index (χ2n) is 6.06. The first kappa shape index (κ1) is 22.9. The number of nitrogens with zero attached hydrogens (tertiary/aromatic N) is 1. The van der Waals surface area contributed by atoms with Crippen molar-refractivity contribution in [2.75, 3.05) is 6.61 Å². The number of aliphatic carboxylic acids is 1. The fourth-order valence-corrected chi connectivity index (χ4v) is 3.29. The minimum Gasteiger partial charge on any atom is -0.481 e. The first-order chi connectivity index (χ1) is 13.4. The van der Waals surface area contributed by atoms with Crippen LogP contribution in [0, 0.1) is 0 Å². The second kappa shape index (κ2) is 8.96. The summed E-state index contributed by atoms with van der Waals surface area (Å²) in [6.45, 7) is -0.797. The molecule has 0 aromatic carbocycles. The molecule has 6 atom stereocenters. The van der Waals surface area contributed by atoms with E-state index in [1.54, 1.807) is 0 Å². The van der Waals surface area contributed by atoms with E-state index in [1.807, 2.05) is 4.98 Å². The van der Waals surface area contributed by atoms with Gasteiger partial charge in [0.1, 0.15) is 18.3 Å². The Kier molecular flexibility index (Phi) is 7.07. The number of amides is 1. The first-order valence-corrected chi connectivity index (χ1v) is 9.59. The standard InChI is InChI=1S/C13H19N4O11P/c14-5(3-8(19)20)11(23)16-29(25,26)27-4-6-9(21)10(22)12(28-6)17-2-1-7(18)15-13(17)24/h1-2,5-6,9-10,12,21-22H,3-4,14H2,(H,19,20)(H,15,18,24)(H2,16,23,25,26)/t5-,6+,9+,10+,12-/m0/s1. The molecule has 2 heterocycles. The van der Waals surface area contributed by atoms with E-state index < -0.39 is 74.5 Å². The van der Waals surface area contributed by atoms with E-state index >= 15 is 0 Å². The number of nitrogens with one attached hydrogen (secondary N) is 2. The Labute approximate surface area is 161 Å². The fraction of sp³-hybridized carbons (Fsp3) is 0.538. The van der Waals surface area contributed by atoms with E-state index in [4.69, 9.17) is 15.6 Å². The predicted octanol–water partition coefficient (Wildman–Crippen LogP) is -3.81. The van der Waals surface area contributed by atoms with Crippen molar-refractivity contribution in [1.82, 2.24) is 14.6 Å². The van der Waals surface area contributed by atoms with Gasteiger partial charge in [-0.05, 0) is 0 Å². The summed E-state index contributed by atoms with van der Waals surface area (Å²) in [6, 6.07) is -0.630. The number of aliphatic hydroxyl groups excluding tert-OH is 2. The molecule has 16 heteroatoms. The van der Waals surface area contributed by atoms with Crippen LogP contribution >= 0.6 is 7.75 Å². The summed E-state index contributed by atoms with van der Waals surface area (Å²) in [5.74, 6) is -2.66. The lowest BCUT2D eigenvalue weighted by atomic mass is 10.1. The highest BCUT2D eigenvalue weighted by molar-refractivity contribution is 7.51. The predicted molar refractivity (Wildman–Crippen MR) is 91.4 cm³/mol. The summed E-state index contributed by atoms with van der Waals surface area (Å²) >= 11 is 0. The molecule has 1 fully saturated rings. The molecule has 1 aliphatic heterocycles. The topological polar surface area (TPSA) is 243 Å². The zero-order valence-electron chi connectivity index (χ0n) is 14.6. The van der Waals surface area contributed by atoms with Crippen LogP contribution in [0.25, 0.3) is 0 Å². The van der Waals surface area contributed by atoms with Crippen molar-refractivity contribution in [2.45, 2.75) is 37.0 Å². The Bertz CT molecular complexity index is 930. The molecule has 1 amide bonds. The average Bonchev–Trinajstić information content (AvgIpc) is 2.87. The molecule has 15 nitrogen and oxygen atoms in total. The minimum absolute atomic E-state index is 0.697. The SMILES string of the molecule is N[C@@H](CC(=O)O)C(=O)NP(=O)(O)OC[C@H]1O[C@H](n2ccc(=O)[nH]c2=O)[C@H](O)[C@@H]1O. The van der Waals surface area contributed by atoms with E-state index in [1.165, 1.54) is 5.09 Å². The van der Waals surface area contributed by atoms with Gasteiger partial charge in [-0.1, -0.05) is 0 Å². The Balaban J connectivity index is 2.00. The molecule has 8 N–H and O–H groups in total. The molecule has 0 spiro atoms. The first-order valence-electron chi connectivity index (χ1n) is 8.01. The van der Waals surface area contributed by atoms with Crippen molar-refractivity contribution >= 4 is 19.6 Å². The summed E-state index contributed by atoms with van der Waals surface area (Å²) in [7, 11) is -4.81. The summed E-state index contributed by atoms with van der Waals surface area (Å²) in [5, 5.41) is 30.2. The number of hydrogen-bond donors (Lipinski definition) is 7. The van der Waals surface area contributed by atoms with Crippen LogP contribution in [-0.4, -0.2) is 72.6 Å². The lowest BCUT2D eigenvalue weighted by molar-refractivity contribution is -0.139. The van der Waals surface area contributed by atoms with Crippen LogP contribution in [0.4, 0.5) is 0 Å². The van der Waals surface area contributed by atoms with Crippen LogP contribution in [0.5, 0.6) is 0 Å². The van der Waals surface area contributed by atoms with Gasteiger partial charge in [0.2, 0.25) is 5.91 Å². The van der Waals surface area contributed by atoms with Gasteiger partial charge in [-0.25, -0.2) is 9.36 Å². The number of hydrogen-bond acceptors (Lipinski definition) is 10. The minimum atomic E-state index is -4.81. The maximum atomic E-state index is 11.9. The third kappa shape index (κ3) is 5.80. The lowest BCUT2D eigenvalue weighted by Gasteiger charge is -2.19. The van der Waals surface area contributed by atoms with E-state index in [9.17, 15) is 38.8 Å². The second-order valence-corrected chi connectivity index (χ2v) is 7.58. The van der Waals surface area contributed by atoms with Crippen molar-refractivity contribution in [3.63, 3.8) is 0 Å². The van der Waals surface area contributed by atoms with Crippen molar-refractivity contribution in [2.24, 2.45) is 5.73 Å². The maximum Gasteiger partial charge on any atom is 0.432 e. The molecular formula is C13H19N4O11P. The van der Waals surface area contributed by atoms with Gasteiger partial charge in [-0.2, -0.15) is 0 Å². The molecule has 1 unspecified atom stereocenters. The molecule has 0 aliphatic carbocycles. The van der Waals surface area contributed by atoms with Crippen LogP contribution in [0.1, 0.15) is 12.6 Å². The third-order valence-electron chi connectivity index (χ3n) is 3.86. The number of aliphatic hydroxyl groups is 2. The summed E-state index contributed by atoms with van der Waals surface area (Å²) < 4.78 is 22.6. The monoisotopic (exact) mass is 438 g/mol. The molecule has 1 aromatic heterocycles.